The van der Waals surface area contributed by atoms with Crippen molar-refractivity contribution in [3.8, 4) is 11.5 Å². The Hall–Kier alpha value is -3.03. The Morgan fingerprint density at radius 2 is 1.77 bits per heavy atom. The molecule has 0 unspecified atom stereocenters. The minimum Gasteiger partial charge on any atom is -0.454 e. The lowest BCUT2D eigenvalue weighted by Gasteiger charge is -2.43. The van der Waals surface area contributed by atoms with Gasteiger partial charge < -0.3 is 14.5 Å². The summed E-state index contributed by atoms with van der Waals surface area (Å²) in [7, 11) is 0. The lowest BCUT2D eigenvalue weighted by molar-refractivity contribution is -0.140. The first-order valence-corrected chi connectivity index (χ1v) is 12.3. The molecule has 1 atom stereocenters. The molecule has 0 bridgehead atoms. The van der Waals surface area contributed by atoms with Crippen molar-refractivity contribution in [2.24, 2.45) is 10.9 Å². The van der Waals surface area contributed by atoms with Crippen LogP contribution in [0.15, 0.2) is 41.4 Å². The van der Waals surface area contributed by atoms with Crippen LogP contribution in [0.2, 0.25) is 0 Å². The smallest absolute Gasteiger partial charge is 0.416 e. The average Bonchev–Trinajstić information content (AvgIpc) is 2.99. The highest BCUT2D eigenvalue weighted by Gasteiger charge is 2.36. The van der Waals surface area contributed by atoms with E-state index in [4.69, 9.17) is 9.73 Å². The van der Waals surface area contributed by atoms with Gasteiger partial charge in [0.1, 0.15) is 17.3 Å². The Labute approximate surface area is 203 Å². The predicted molar refractivity (Wildman–Crippen MR) is 128 cm³/mol. The number of aliphatic imine (C=N–C) groups is 1. The van der Waals surface area contributed by atoms with Crippen LogP contribution in [0.1, 0.15) is 55.7 Å². The molecule has 3 aliphatic rings. The van der Waals surface area contributed by atoms with Gasteiger partial charge in [-0.1, -0.05) is 30.9 Å². The quantitative estimate of drug-likeness (QED) is 0.476. The van der Waals surface area contributed by atoms with Crippen molar-refractivity contribution in [1.82, 2.24) is 9.80 Å². The SMILES string of the molecule is Cc1ccc2c(c1)C(N1CCN(C(=O)C3CCCCC3)[C@@H](C)C1)=Nc1cc(C(F)(F)F)ccc1O2. The number of carbonyl (C=O) groups excluding carboxylic acids is 1. The molecular weight excluding hydrogens is 455 g/mol. The number of rotatable bonds is 1. The highest BCUT2D eigenvalue weighted by molar-refractivity contribution is 6.04. The van der Waals surface area contributed by atoms with E-state index in [-0.39, 0.29) is 29.3 Å². The third kappa shape index (κ3) is 4.75. The topological polar surface area (TPSA) is 45.1 Å². The maximum absolute atomic E-state index is 13.4. The number of amides is 1. The molecule has 0 radical (unpaired) electrons. The molecule has 2 heterocycles. The monoisotopic (exact) mass is 485 g/mol. The minimum absolute atomic E-state index is 0.0284. The maximum atomic E-state index is 13.4. The second kappa shape index (κ2) is 9.21. The zero-order chi connectivity index (χ0) is 24.7. The Morgan fingerprint density at radius 1 is 1.03 bits per heavy atom. The molecule has 2 fully saturated rings. The van der Waals surface area contributed by atoms with E-state index in [9.17, 15) is 18.0 Å². The molecule has 1 aliphatic carbocycles. The van der Waals surface area contributed by atoms with Crippen molar-refractivity contribution in [3.05, 3.63) is 53.1 Å². The zero-order valence-electron chi connectivity index (χ0n) is 20.1. The molecule has 0 aromatic heterocycles. The Morgan fingerprint density at radius 3 is 2.49 bits per heavy atom. The lowest BCUT2D eigenvalue weighted by atomic mass is 9.87. The van der Waals surface area contributed by atoms with E-state index in [0.717, 1.165) is 48.9 Å². The summed E-state index contributed by atoms with van der Waals surface area (Å²) in [5.41, 5.74) is 1.13. The molecule has 1 saturated heterocycles. The van der Waals surface area contributed by atoms with E-state index in [2.05, 4.69) is 4.90 Å². The van der Waals surface area contributed by atoms with Gasteiger partial charge in [-0.15, -0.1) is 0 Å². The molecule has 8 heteroatoms. The van der Waals surface area contributed by atoms with Gasteiger partial charge in [-0.05, 0) is 57.0 Å². The number of halogens is 3. The third-order valence-corrected chi connectivity index (χ3v) is 7.27. The molecule has 1 amide bonds. The summed E-state index contributed by atoms with van der Waals surface area (Å²) in [5.74, 6) is 1.77. The Bertz CT molecular complexity index is 1150. The number of piperazine rings is 1. The molecule has 5 rings (SSSR count). The number of hydrogen-bond acceptors (Lipinski definition) is 4. The van der Waals surface area contributed by atoms with E-state index in [1.165, 1.54) is 12.5 Å². The van der Waals surface area contributed by atoms with E-state index >= 15 is 0 Å². The molecule has 35 heavy (non-hydrogen) atoms. The van der Waals surface area contributed by atoms with E-state index in [1.807, 2.05) is 36.9 Å². The maximum Gasteiger partial charge on any atom is 0.416 e. The summed E-state index contributed by atoms with van der Waals surface area (Å²) in [6, 6.07) is 9.06. The fourth-order valence-electron chi connectivity index (χ4n) is 5.37. The number of nitrogens with zero attached hydrogens (tertiary/aromatic N) is 3. The first-order valence-electron chi connectivity index (χ1n) is 12.3. The van der Waals surface area contributed by atoms with Crippen molar-refractivity contribution in [2.45, 2.75) is 58.2 Å². The first-order chi connectivity index (χ1) is 16.7. The molecule has 2 aliphatic heterocycles. The first kappa shape index (κ1) is 23.7. The number of alkyl halides is 3. The van der Waals surface area contributed by atoms with Gasteiger partial charge >= 0.3 is 6.18 Å². The fourth-order valence-corrected chi connectivity index (χ4v) is 5.37. The summed E-state index contributed by atoms with van der Waals surface area (Å²) in [4.78, 5) is 22.0. The van der Waals surface area contributed by atoms with E-state index in [1.54, 1.807) is 0 Å². The molecule has 2 aromatic carbocycles. The van der Waals surface area contributed by atoms with Crippen LogP contribution in [0.4, 0.5) is 18.9 Å². The number of aryl methyl sites for hydroxylation is 1. The standard InChI is InChI=1S/C27H30F3N3O2/c1-17-8-10-23-21(14-17)25(31-22-15-20(27(28,29)30)9-11-24(22)35-23)32-12-13-33(18(2)16-32)26(34)19-6-4-3-5-7-19/h8-11,14-15,18-19H,3-7,12-13,16H2,1-2H3/t18-/m0/s1. The average molecular weight is 486 g/mol. The summed E-state index contributed by atoms with van der Waals surface area (Å²) in [5, 5.41) is 0. The van der Waals surface area contributed by atoms with Crippen LogP contribution >= 0.6 is 0 Å². The van der Waals surface area contributed by atoms with Gasteiger partial charge in [0.25, 0.3) is 0 Å². The summed E-state index contributed by atoms with van der Waals surface area (Å²) >= 11 is 0. The second-order valence-corrected chi connectivity index (χ2v) is 9.88. The number of ether oxygens (including phenoxy) is 1. The highest BCUT2D eigenvalue weighted by Crippen LogP contribution is 2.42. The van der Waals surface area contributed by atoms with Gasteiger partial charge in [-0.3, -0.25) is 4.79 Å². The number of carbonyl (C=O) groups is 1. The number of amidine groups is 1. The third-order valence-electron chi connectivity index (χ3n) is 7.27. The summed E-state index contributed by atoms with van der Waals surface area (Å²) < 4.78 is 46.3. The van der Waals surface area contributed by atoms with Crippen LogP contribution in [-0.4, -0.2) is 47.2 Å². The van der Waals surface area contributed by atoms with Gasteiger partial charge in [0.15, 0.2) is 5.75 Å². The van der Waals surface area contributed by atoms with Crippen LogP contribution < -0.4 is 4.74 Å². The minimum atomic E-state index is -4.47. The van der Waals surface area contributed by atoms with Gasteiger partial charge in [-0.25, -0.2) is 4.99 Å². The Balaban J connectivity index is 1.47. The largest absolute Gasteiger partial charge is 0.454 e. The van der Waals surface area contributed by atoms with Crippen LogP contribution in [0.25, 0.3) is 0 Å². The summed E-state index contributed by atoms with van der Waals surface area (Å²) in [6.45, 7) is 5.67. The molecule has 1 saturated carbocycles. The van der Waals surface area contributed by atoms with Gasteiger partial charge in [0.05, 0.1) is 11.1 Å². The van der Waals surface area contributed by atoms with Crippen molar-refractivity contribution in [1.29, 1.82) is 0 Å². The Kier molecular flexibility index (Phi) is 6.23. The fraction of sp³-hybridized carbons (Fsp3) is 0.481. The normalized spacial score (nSPS) is 20.9. The van der Waals surface area contributed by atoms with Crippen LogP contribution in [0.5, 0.6) is 11.5 Å². The molecule has 186 valence electrons. The van der Waals surface area contributed by atoms with Crippen LogP contribution in [0, 0.1) is 12.8 Å². The number of benzene rings is 2. The molecule has 0 N–H and O–H groups in total. The number of fused-ring (bicyclic) bond motifs is 2. The van der Waals surface area contributed by atoms with Crippen molar-refractivity contribution in [2.75, 3.05) is 19.6 Å². The zero-order valence-corrected chi connectivity index (χ0v) is 20.1. The van der Waals surface area contributed by atoms with Crippen molar-refractivity contribution < 1.29 is 22.7 Å². The van der Waals surface area contributed by atoms with Crippen molar-refractivity contribution >= 4 is 17.4 Å². The van der Waals surface area contributed by atoms with Crippen molar-refractivity contribution in [3.63, 3.8) is 0 Å². The molecule has 2 aromatic rings. The molecule has 0 spiro atoms. The van der Waals surface area contributed by atoms with E-state index < -0.39 is 11.7 Å². The summed E-state index contributed by atoms with van der Waals surface area (Å²) in [6.07, 6.45) is 0.862. The van der Waals surface area contributed by atoms with E-state index in [0.29, 0.717) is 31.2 Å². The van der Waals surface area contributed by atoms with Gasteiger partial charge in [-0.2, -0.15) is 13.2 Å². The molecular formula is C27H30F3N3O2. The van der Waals surface area contributed by atoms with Gasteiger partial charge in [0, 0.05) is 31.6 Å². The van der Waals surface area contributed by atoms with Gasteiger partial charge in [0.2, 0.25) is 5.91 Å². The highest BCUT2D eigenvalue weighted by atomic mass is 19.4. The number of hydrogen-bond donors (Lipinski definition) is 0. The van der Waals surface area contributed by atoms with Crippen LogP contribution in [-0.2, 0) is 11.0 Å². The lowest BCUT2D eigenvalue weighted by Crippen LogP contribution is -2.56. The predicted octanol–water partition coefficient (Wildman–Crippen LogP) is 6.31. The molecule has 5 nitrogen and oxygen atoms in total. The second-order valence-electron chi connectivity index (χ2n) is 9.88. The van der Waals surface area contributed by atoms with Crippen LogP contribution in [0.3, 0.4) is 0 Å².